The number of imide groups is 1. The van der Waals surface area contributed by atoms with Crippen molar-refractivity contribution in [3.8, 4) is 11.4 Å². The van der Waals surface area contributed by atoms with Crippen LogP contribution in [0.5, 0.6) is 0 Å². The summed E-state index contributed by atoms with van der Waals surface area (Å²) < 4.78 is 5.14. The Morgan fingerprint density at radius 1 is 1.27 bits per heavy atom. The predicted molar refractivity (Wildman–Crippen MR) is 80.1 cm³/mol. The fourth-order valence-electron chi connectivity index (χ4n) is 2.14. The summed E-state index contributed by atoms with van der Waals surface area (Å²) in [6, 6.07) is 7.40. The largest absolute Gasteiger partial charge is 0.337 e. The molecule has 1 saturated heterocycles. The summed E-state index contributed by atoms with van der Waals surface area (Å²) in [4.78, 5) is 31.4. The molecule has 1 fully saturated rings. The molecule has 0 radical (unpaired) electrons. The first-order valence-corrected chi connectivity index (χ1v) is 7.83. The average Bonchev–Trinajstić information content (AvgIpc) is 3.08. The Bertz CT molecular complexity index is 713. The zero-order valence-corrected chi connectivity index (χ0v) is 13.0. The highest BCUT2D eigenvalue weighted by atomic mass is 32.2. The van der Waals surface area contributed by atoms with E-state index in [4.69, 9.17) is 4.52 Å². The van der Waals surface area contributed by atoms with Crippen LogP contribution >= 0.6 is 11.8 Å². The molecule has 7 nitrogen and oxygen atoms in total. The van der Waals surface area contributed by atoms with Crippen LogP contribution in [0.15, 0.2) is 33.7 Å². The van der Waals surface area contributed by atoms with Gasteiger partial charge < -0.3 is 9.42 Å². The van der Waals surface area contributed by atoms with Gasteiger partial charge in [-0.05, 0) is 30.5 Å². The van der Waals surface area contributed by atoms with Crippen molar-refractivity contribution in [3.63, 3.8) is 0 Å². The Labute approximate surface area is 131 Å². The SMILES string of the molecule is CSc1ccc(-c2noc(CN3C(=O)CN(C)C3=O)n2)cc1. The van der Waals surface area contributed by atoms with Gasteiger partial charge in [0.15, 0.2) is 0 Å². The maximum absolute atomic E-state index is 11.8. The van der Waals surface area contributed by atoms with E-state index in [0.29, 0.717) is 5.82 Å². The molecule has 3 amide bonds. The number of hydrogen-bond acceptors (Lipinski definition) is 6. The molecular formula is C14H14N4O3S. The van der Waals surface area contributed by atoms with Crippen LogP contribution in [0.1, 0.15) is 5.89 Å². The van der Waals surface area contributed by atoms with Crippen LogP contribution in [0.25, 0.3) is 11.4 Å². The van der Waals surface area contributed by atoms with E-state index < -0.39 is 0 Å². The van der Waals surface area contributed by atoms with Crippen LogP contribution in [0.3, 0.4) is 0 Å². The lowest BCUT2D eigenvalue weighted by molar-refractivity contribution is -0.125. The maximum atomic E-state index is 11.8. The zero-order chi connectivity index (χ0) is 15.7. The van der Waals surface area contributed by atoms with E-state index in [1.54, 1.807) is 18.8 Å². The first-order chi connectivity index (χ1) is 10.6. The number of thioether (sulfide) groups is 1. The van der Waals surface area contributed by atoms with Gasteiger partial charge in [0.1, 0.15) is 13.1 Å². The average molecular weight is 318 g/mol. The van der Waals surface area contributed by atoms with Crippen LogP contribution < -0.4 is 0 Å². The molecule has 1 aromatic carbocycles. The van der Waals surface area contributed by atoms with Gasteiger partial charge in [-0.25, -0.2) is 4.79 Å². The van der Waals surface area contributed by atoms with Crippen molar-refractivity contribution in [2.45, 2.75) is 11.4 Å². The molecule has 1 aliphatic rings. The molecule has 0 saturated carbocycles. The third-order valence-electron chi connectivity index (χ3n) is 3.34. The Morgan fingerprint density at radius 3 is 2.59 bits per heavy atom. The summed E-state index contributed by atoms with van der Waals surface area (Å²) in [5.74, 6) is 0.410. The van der Waals surface area contributed by atoms with Crippen LogP contribution in [0.2, 0.25) is 0 Å². The van der Waals surface area contributed by atoms with Gasteiger partial charge in [-0.3, -0.25) is 9.69 Å². The standard InChI is InChI=1S/C14H14N4O3S/c1-17-8-12(19)18(14(17)20)7-11-15-13(16-21-11)9-3-5-10(22-2)6-4-9/h3-6H,7-8H2,1-2H3. The fourth-order valence-corrected chi connectivity index (χ4v) is 2.54. The molecule has 0 N–H and O–H groups in total. The van der Waals surface area contributed by atoms with Gasteiger partial charge >= 0.3 is 6.03 Å². The van der Waals surface area contributed by atoms with E-state index in [2.05, 4.69) is 10.1 Å². The smallest absolute Gasteiger partial charge is 0.327 e. The lowest BCUT2D eigenvalue weighted by Gasteiger charge is -2.10. The molecule has 0 aliphatic carbocycles. The van der Waals surface area contributed by atoms with Crippen molar-refractivity contribution in [1.29, 1.82) is 0 Å². The molecule has 0 unspecified atom stereocenters. The molecule has 2 heterocycles. The molecule has 22 heavy (non-hydrogen) atoms. The van der Waals surface area contributed by atoms with Crippen molar-refractivity contribution < 1.29 is 14.1 Å². The first-order valence-electron chi connectivity index (χ1n) is 6.61. The zero-order valence-electron chi connectivity index (χ0n) is 12.1. The van der Waals surface area contributed by atoms with Gasteiger partial charge in [0, 0.05) is 17.5 Å². The van der Waals surface area contributed by atoms with Crippen LogP contribution in [0.4, 0.5) is 4.79 Å². The van der Waals surface area contributed by atoms with Gasteiger partial charge in [0.25, 0.3) is 5.91 Å². The minimum absolute atomic E-state index is 0.00208. The number of likely N-dealkylation sites (N-methyl/N-ethyl adjacent to an activating group) is 1. The molecule has 1 aromatic heterocycles. The normalized spacial score (nSPS) is 15.0. The molecule has 2 aromatic rings. The van der Waals surface area contributed by atoms with Crippen LogP contribution in [-0.2, 0) is 11.3 Å². The summed E-state index contributed by atoms with van der Waals surface area (Å²) >= 11 is 1.65. The Morgan fingerprint density at radius 2 is 2.00 bits per heavy atom. The van der Waals surface area contributed by atoms with Crippen LogP contribution in [-0.4, -0.2) is 51.7 Å². The highest BCUT2D eigenvalue weighted by molar-refractivity contribution is 7.98. The lowest BCUT2D eigenvalue weighted by Crippen LogP contribution is -2.31. The molecule has 1 aliphatic heterocycles. The molecular weight excluding hydrogens is 304 g/mol. The number of carbonyl (C=O) groups excluding carboxylic acids is 2. The number of nitrogens with zero attached hydrogens (tertiary/aromatic N) is 4. The molecule has 0 bridgehead atoms. The van der Waals surface area contributed by atoms with E-state index in [1.807, 2.05) is 30.5 Å². The van der Waals surface area contributed by atoms with Crippen molar-refractivity contribution >= 4 is 23.7 Å². The molecule has 0 spiro atoms. The first kappa shape index (κ1) is 14.6. The van der Waals surface area contributed by atoms with Crippen molar-refractivity contribution in [1.82, 2.24) is 19.9 Å². The number of rotatable bonds is 4. The number of amides is 3. The molecule has 3 rings (SSSR count). The number of hydrogen-bond donors (Lipinski definition) is 0. The Balaban J connectivity index is 1.76. The molecule has 0 atom stereocenters. The summed E-state index contributed by atoms with van der Waals surface area (Å²) in [5, 5.41) is 3.90. The number of urea groups is 1. The number of aromatic nitrogens is 2. The summed E-state index contributed by atoms with van der Waals surface area (Å²) in [6.45, 7) is 0.0773. The highest BCUT2D eigenvalue weighted by Crippen LogP contribution is 2.21. The van der Waals surface area contributed by atoms with E-state index >= 15 is 0 Å². The van der Waals surface area contributed by atoms with E-state index in [9.17, 15) is 9.59 Å². The minimum atomic E-state index is -0.353. The van der Waals surface area contributed by atoms with Crippen LogP contribution in [0, 0.1) is 0 Å². The van der Waals surface area contributed by atoms with Gasteiger partial charge in [0.05, 0.1) is 0 Å². The Hall–Kier alpha value is -2.35. The van der Waals surface area contributed by atoms with Gasteiger partial charge in [0.2, 0.25) is 11.7 Å². The summed E-state index contributed by atoms with van der Waals surface area (Å²) in [7, 11) is 1.58. The third-order valence-corrected chi connectivity index (χ3v) is 4.08. The van der Waals surface area contributed by atoms with E-state index in [1.165, 1.54) is 4.90 Å². The number of benzene rings is 1. The van der Waals surface area contributed by atoms with Gasteiger partial charge in [-0.2, -0.15) is 4.98 Å². The second-order valence-electron chi connectivity index (χ2n) is 4.86. The van der Waals surface area contributed by atoms with Crippen molar-refractivity contribution in [2.75, 3.05) is 19.8 Å². The minimum Gasteiger partial charge on any atom is -0.337 e. The summed E-state index contributed by atoms with van der Waals surface area (Å²) in [6.07, 6.45) is 2.00. The second kappa shape index (κ2) is 5.80. The predicted octanol–water partition coefficient (Wildman–Crippen LogP) is 1.85. The highest BCUT2D eigenvalue weighted by Gasteiger charge is 2.34. The quantitative estimate of drug-likeness (QED) is 0.632. The van der Waals surface area contributed by atoms with Gasteiger partial charge in [-0.1, -0.05) is 5.16 Å². The Kier molecular flexibility index (Phi) is 3.84. The maximum Gasteiger partial charge on any atom is 0.327 e. The lowest BCUT2D eigenvalue weighted by atomic mass is 10.2. The topological polar surface area (TPSA) is 79.5 Å². The number of carbonyl (C=O) groups is 2. The van der Waals surface area contributed by atoms with Gasteiger partial charge in [-0.15, -0.1) is 11.8 Å². The van der Waals surface area contributed by atoms with Crippen molar-refractivity contribution in [2.24, 2.45) is 0 Å². The van der Waals surface area contributed by atoms with Crippen molar-refractivity contribution in [3.05, 3.63) is 30.2 Å². The van der Waals surface area contributed by atoms with E-state index in [-0.39, 0.29) is 30.9 Å². The second-order valence-corrected chi connectivity index (χ2v) is 5.74. The molecule has 114 valence electrons. The van der Waals surface area contributed by atoms with E-state index in [0.717, 1.165) is 15.4 Å². The fraction of sp³-hybridized carbons (Fsp3) is 0.286. The monoisotopic (exact) mass is 318 g/mol. The summed E-state index contributed by atoms with van der Waals surface area (Å²) in [5.41, 5.74) is 0.823. The third kappa shape index (κ3) is 2.69. The molecule has 8 heteroatoms.